The standard InChI is InChI=1S/C18H11ClN4O4/c19-9-3-6-11-12(7-9)21-14-13(15(11)24)18(27)23(22-17(14)26)10-4-1-8(2-5-10)16(20)25/h1-7H,(H2,20,25)(H,21,24)(H,22,26). The molecule has 1 amide bonds. The van der Waals surface area contributed by atoms with Crippen molar-refractivity contribution in [1.29, 1.82) is 0 Å². The minimum atomic E-state index is -0.700. The number of aromatic nitrogens is 3. The Morgan fingerprint density at radius 1 is 1.04 bits per heavy atom. The van der Waals surface area contributed by atoms with Crippen LogP contribution in [0.5, 0.6) is 0 Å². The molecule has 134 valence electrons. The monoisotopic (exact) mass is 382 g/mol. The van der Waals surface area contributed by atoms with Crippen molar-refractivity contribution in [1.82, 2.24) is 14.8 Å². The van der Waals surface area contributed by atoms with Crippen LogP contribution in [-0.4, -0.2) is 20.7 Å². The van der Waals surface area contributed by atoms with E-state index in [4.69, 9.17) is 17.3 Å². The molecular formula is C18H11ClN4O4. The van der Waals surface area contributed by atoms with Crippen LogP contribution in [0.15, 0.2) is 56.8 Å². The number of carbonyl (C=O) groups excluding carboxylic acids is 1. The van der Waals surface area contributed by atoms with Gasteiger partial charge in [-0.15, -0.1) is 0 Å². The Bertz CT molecular complexity index is 1410. The van der Waals surface area contributed by atoms with Gasteiger partial charge in [0, 0.05) is 16.0 Å². The van der Waals surface area contributed by atoms with Gasteiger partial charge < -0.3 is 10.7 Å². The zero-order valence-corrected chi connectivity index (χ0v) is 14.3. The lowest BCUT2D eigenvalue weighted by atomic mass is 10.1. The average molecular weight is 383 g/mol. The molecule has 8 nitrogen and oxygen atoms in total. The van der Waals surface area contributed by atoms with Gasteiger partial charge >= 0.3 is 0 Å². The number of rotatable bonds is 2. The number of nitrogens with two attached hydrogens (primary N) is 1. The van der Waals surface area contributed by atoms with Crippen LogP contribution >= 0.6 is 11.6 Å². The Labute approximate surface area is 154 Å². The first-order chi connectivity index (χ1) is 12.9. The Kier molecular flexibility index (Phi) is 3.71. The summed E-state index contributed by atoms with van der Waals surface area (Å²) in [5, 5.41) is 2.78. The van der Waals surface area contributed by atoms with E-state index in [1.165, 1.54) is 42.5 Å². The van der Waals surface area contributed by atoms with Crippen molar-refractivity contribution in [3.63, 3.8) is 0 Å². The normalized spacial score (nSPS) is 11.1. The second-order valence-corrected chi connectivity index (χ2v) is 6.32. The van der Waals surface area contributed by atoms with Crippen molar-refractivity contribution in [2.24, 2.45) is 5.73 Å². The predicted molar refractivity (Wildman–Crippen MR) is 102 cm³/mol. The summed E-state index contributed by atoms with van der Waals surface area (Å²) in [5.41, 5.74) is 4.01. The molecule has 27 heavy (non-hydrogen) atoms. The molecule has 2 aromatic heterocycles. The van der Waals surface area contributed by atoms with Gasteiger partial charge in [0.2, 0.25) is 11.3 Å². The SMILES string of the molecule is NC(=O)c1ccc(-n2[nH]c(=O)c3[nH]c4cc(Cl)ccc4c(=O)c3c2=O)cc1. The molecule has 4 rings (SSSR count). The number of primary amides is 1. The smallest absolute Gasteiger partial charge is 0.287 e. The number of H-pyrrole nitrogens is 2. The third-order valence-electron chi connectivity index (χ3n) is 4.23. The lowest BCUT2D eigenvalue weighted by molar-refractivity contribution is 0.100. The maximum absolute atomic E-state index is 12.9. The van der Waals surface area contributed by atoms with E-state index >= 15 is 0 Å². The molecule has 2 aromatic carbocycles. The lowest BCUT2D eigenvalue weighted by Gasteiger charge is -2.08. The summed E-state index contributed by atoms with van der Waals surface area (Å²) >= 11 is 5.93. The van der Waals surface area contributed by atoms with Gasteiger partial charge in [-0.1, -0.05) is 11.6 Å². The molecule has 0 saturated heterocycles. The van der Waals surface area contributed by atoms with E-state index in [0.717, 1.165) is 4.68 Å². The van der Waals surface area contributed by atoms with Crippen molar-refractivity contribution < 1.29 is 4.79 Å². The maximum atomic E-state index is 12.9. The van der Waals surface area contributed by atoms with E-state index in [2.05, 4.69) is 10.1 Å². The average Bonchev–Trinajstić information content (AvgIpc) is 2.64. The van der Waals surface area contributed by atoms with E-state index in [1.807, 2.05) is 0 Å². The van der Waals surface area contributed by atoms with Crippen LogP contribution in [0, 0.1) is 0 Å². The Balaban J connectivity index is 2.07. The van der Waals surface area contributed by atoms with Crippen LogP contribution in [0.4, 0.5) is 0 Å². The van der Waals surface area contributed by atoms with Gasteiger partial charge in [0.15, 0.2) is 0 Å². The highest BCUT2D eigenvalue weighted by Gasteiger charge is 2.15. The minimum absolute atomic E-state index is 0.134. The molecule has 0 bridgehead atoms. The van der Waals surface area contributed by atoms with Gasteiger partial charge in [-0.05, 0) is 42.5 Å². The molecule has 0 unspecified atom stereocenters. The second kappa shape index (κ2) is 5.96. The zero-order chi connectivity index (χ0) is 19.3. The molecule has 2 heterocycles. The molecule has 0 saturated carbocycles. The molecule has 0 spiro atoms. The van der Waals surface area contributed by atoms with Gasteiger partial charge in [0.1, 0.15) is 10.9 Å². The van der Waals surface area contributed by atoms with E-state index in [1.54, 1.807) is 0 Å². The van der Waals surface area contributed by atoms with Gasteiger partial charge in [0.05, 0.1) is 11.2 Å². The van der Waals surface area contributed by atoms with Crippen LogP contribution in [0.25, 0.3) is 27.5 Å². The number of aromatic amines is 2. The fourth-order valence-electron chi connectivity index (χ4n) is 2.91. The molecule has 0 radical (unpaired) electrons. The zero-order valence-electron chi connectivity index (χ0n) is 13.6. The second-order valence-electron chi connectivity index (χ2n) is 5.89. The molecule has 0 aliphatic rings. The first kappa shape index (κ1) is 16.8. The van der Waals surface area contributed by atoms with Crippen molar-refractivity contribution in [3.8, 4) is 5.69 Å². The first-order valence-electron chi connectivity index (χ1n) is 7.77. The highest BCUT2D eigenvalue weighted by molar-refractivity contribution is 6.31. The summed E-state index contributed by atoms with van der Waals surface area (Å²) < 4.78 is 0.951. The summed E-state index contributed by atoms with van der Waals surface area (Å²) in [4.78, 5) is 52.2. The van der Waals surface area contributed by atoms with E-state index in [0.29, 0.717) is 10.5 Å². The fourth-order valence-corrected chi connectivity index (χ4v) is 3.09. The molecule has 0 atom stereocenters. The number of hydrogen-bond donors (Lipinski definition) is 3. The van der Waals surface area contributed by atoms with E-state index in [9.17, 15) is 19.2 Å². The molecule has 0 aliphatic carbocycles. The summed E-state index contributed by atoms with van der Waals surface area (Å²) in [5.74, 6) is -0.623. The largest absolute Gasteiger partial charge is 0.366 e. The summed E-state index contributed by atoms with van der Waals surface area (Å²) in [6, 6.07) is 10.2. The first-order valence-corrected chi connectivity index (χ1v) is 8.15. The van der Waals surface area contributed by atoms with E-state index in [-0.39, 0.29) is 27.5 Å². The highest BCUT2D eigenvalue weighted by atomic mass is 35.5. The molecule has 0 aliphatic heterocycles. The van der Waals surface area contributed by atoms with Crippen LogP contribution in [0.3, 0.4) is 0 Å². The number of nitrogens with zero attached hydrogens (tertiary/aromatic N) is 1. The Morgan fingerprint density at radius 3 is 2.41 bits per heavy atom. The third-order valence-corrected chi connectivity index (χ3v) is 4.47. The number of benzene rings is 2. The number of hydrogen-bond acceptors (Lipinski definition) is 4. The van der Waals surface area contributed by atoms with Crippen LogP contribution in [0.1, 0.15) is 10.4 Å². The quantitative estimate of drug-likeness (QED) is 0.450. The third kappa shape index (κ3) is 2.63. The highest BCUT2D eigenvalue weighted by Crippen LogP contribution is 2.16. The van der Waals surface area contributed by atoms with Gasteiger partial charge in [-0.2, -0.15) is 0 Å². The number of pyridine rings is 1. The van der Waals surface area contributed by atoms with Crippen LogP contribution < -0.4 is 22.3 Å². The number of carbonyl (C=O) groups is 1. The van der Waals surface area contributed by atoms with Crippen molar-refractivity contribution in [2.75, 3.05) is 0 Å². The van der Waals surface area contributed by atoms with Gasteiger partial charge in [0.25, 0.3) is 11.1 Å². The molecule has 4 N–H and O–H groups in total. The predicted octanol–water partition coefficient (Wildman–Crippen LogP) is 1.27. The van der Waals surface area contributed by atoms with E-state index < -0.39 is 22.5 Å². The van der Waals surface area contributed by atoms with Crippen LogP contribution in [-0.2, 0) is 0 Å². The van der Waals surface area contributed by atoms with Crippen molar-refractivity contribution in [3.05, 3.63) is 84.0 Å². The lowest BCUT2D eigenvalue weighted by Crippen LogP contribution is -2.32. The Morgan fingerprint density at radius 2 is 1.74 bits per heavy atom. The summed E-state index contributed by atoms with van der Waals surface area (Å²) in [7, 11) is 0. The van der Waals surface area contributed by atoms with Crippen molar-refractivity contribution >= 4 is 39.3 Å². The molecule has 4 aromatic rings. The topological polar surface area (TPSA) is 131 Å². The molecule has 0 fully saturated rings. The summed E-state index contributed by atoms with van der Waals surface area (Å²) in [6.45, 7) is 0. The van der Waals surface area contributed by atoms with Crippen LogP contribution in [0.2, 0.25) is 5.02 Å². The number of halogens is 1. The van der Waals surface area contributed by atoms with Crippen molar-refractivity contribution in [2.45, 2.75) is 0 Å². The number of nitrogens with one attached hydrogen (secondary N) is 2. The molecule has 9 heteroatoms. The minimum Gasteiger partial charge on any atom is -0.366 e. The number of amides is 1. The maximum Gasteiger partial charge on any atom is 0.287 e. The fraction of sp³-hybridized carbons (Fsp3) is 0. The Hall–Kier alpha value is -3.65. The van der Waals surface area contributed by atoms with Gasteiger partial charge in [-0.3, -0.25) is 24.3 Å². The van der Waals surface area contributed by atoms with Gasteiger partial charge in [-0.25, -0.2) is 4.68 Å². The molecular weight excluding hydrogens is 372 g/mol. The number of fused-ring (bicyclic) bond motifs is 2. The summed E-state index contributed by atoms with van der Waals surface area (Å²) in [6.07, 6.45) is 0.